The molecule has 0 spiro atoms. The van der Waals surface area contributed by atoms with E-state index in [1.54, 1.807) is 25.6 Å². The molecule has 164 valence electrons. The second-order valence-electron chi connectivity index (χ2n) is 8.11. The van der Waals surface area contributed by atoms with E-state index in [4.69, 9.17) is 14.9 Å². The van der Waals surface area contributed by atoms with E-state index >= 15 is 0 Å². The first-order valence-corrected chi connectivity index (χ1v) is 10.5. The van der Waals surface area contributed by atoms with Crippen molar-refractivity contribution < 1.29 is 19.7 Å². The van der Waals surface area contributed by atoms with Crippen LogP contribution in [0.1, 0.15) is 54.7 Å². The van der Waals surface area contributed by atoms with Crippen molar-refractivity contribution in [1.29, 1.82) is 0 Å². The zero-order valence-corrected chi connectivity index (χ0v) is 17.7. The Labute approximate surface area is 180 Å². The van der Waals surface area contributed by atoms with Gasteiger partial charge in [-0.2, -0.15) is 0 Å². The first-order valence-electron chi connectivity index (χ1n) is 10.5. The van der Waals surface area contributed by atoms with E-state index in [0.717, 1.165) is 48.0 Å². The average molecular weight is 425 g/mol. The highest BCUT2D eigenvalue weighted by Gasteiger charge is 2.25. The molecule has 1 aliphatic carbocycles. The molecule has 1 fully saturated rings. The lowest BCUT2D eigenvalue weighted by atomic mass is 9.85. The van der Waals surface area contributed by atoms with Crippen LogP contribution in [0, 0.1) is 0 Å². The third-order valence-electron chi connectivity index (χ3n) is 5.75. The van der Waals surface area contributed by atoms with Crippen LogP contribution in [0.2, 0.25) is 0 Å². The van der Waals surface area contributed by atoms with Gasteiger partial charge < -0.3 is 20.3 Å². The predicted octanol–water partition coefficient (Wildman–Crippen LogP) is 2.95. The molecular formula is C22H27N5O4. The van der Waals surface area contributed by atoms with Crippen LogP contribution < -0.4 is 5.32 Å². The van der Waals surface area contributed by atoms with Gasteiger partial charge in [-0.05, 0) is 44.7 Å². The fourth-order valence-corrected chi connectivity index (χ4v) is 4.17. The molecule has 1 aliphatic rings. The number of hydrogen-bond donors (Lipinski definition) is 3. The Balaban J connectivity index is 1.76. The maximum absolute atomic E-state index is 11.1. The summed E-state index contributed by atoms with van der Waals surface area (Å²) in [7, 11) is 1.65. The third-order valence-corrected chi connectivity index (χ3v) is 5.75. The van der Waals surface area contributed by atoms with E-state index in [2.05, 4.69) is 21.4 Å². The van der Waals surface area contributed by atoms with Crippen molar-refractivity contribution in [3.05, 3.63) is 42.0 Å². The lowest BCUT2D eigenvalue weighted by Gasteiger charge is -2.25. The number of methoxy groups -OCH3 is 1. The summed E-state index contributed by atoms with van der Waals surface area (Å²) in [6, 6.07) is 5.40. The number of pyridine rings is 1. The standard InChI is InChI=1S/C22H27N5O4/c1-13(12-31-2)25-22-24-11-20-17(15-5-8-18(21(29)30)23-10-15)9-19(27(20)26-22)14-3-6-16(28)7-4-14/h5,8-11,13-14,16,28H,3-4,6-7,12H2,1-2H3,(H,25,26)(H,29,30)/t13?,14-,16-. The number of aromatic carboxylic acids is 1. The van der Waals surface area contributed by atoms with E-state index in [1.165, 1.54) is 6.07 Å². The molecule has 0 saturated heterocycles. The molecule has 0 bridgehead atoms. The van der Waals surface area contributed by atoms with Gasteiger partial charge in [-0.15, -0.1) is 5.10 Å². The highest BCUT2D eigenvalue weighted by Crippen LogP contribution is 2.37. The fourth-order valence-electron chi connectivity index (χ4n) is 4.17. The lowest BCUT2D eigenvalue weighted by molar-refractivity contribution is 0.0690. The van der Waals surface area contributed by atoms with Crippen LogP contribution in [0.15, 0.2) is 30.6 Å². The number of carboxylic acid groups (broad SMARTS) is 1. The van der Waals surface area contributed by atoms with Crippen LogP contribution in [0.25, 0.3) is 16.6 Å². The maximum Gasteiger partial charge on any atom is 0.354 e. The van der Waals surface area contributed by atoms with Crippen molar-refractivity contribution >= 4 is 17.4 Å². The van der Waals surface area contributed by atoms with Gasteiger partial charge in [-0.3, -0.25) is 0 Å². The molecule has 4 rings (SSSR count). The molecule has 1 atom stereocenters. The predicted molar refractivity (Wildman–Crippen MR) is 115 cm³/mol. The third kappa shape index (κ3) is 4.52. The summed E-state index contributed by atoms with van der Waals surface area (Å²) in [4.78, 5) is 19.7. The highest BCUT2D eigenvalue weighted by molar-refractivity contribution is 5.87. The number of carboxylic acids is 1. The molecule has 0 radical (unpaired) electrons. The fraction of sp³-hybridized carbons (Fsp3) is 0.455. The van der Waals surface area contributed by atoms with Crippen LogP contribution in [0.5, 0.6) is 0 Å². The summed E-state index contributed by atoms with van der Waals surface area (Å²) in [6.45, 7) is 2.53. The zero-order valence-electron chi connectivity index (χ0n) is 17.7. The number of aromatic nitrogens is 4. The number of anilines is 1. The molecule has 3 N–H and O–H groups in total. The normalized spacial score (nSPS) is 20.0. The number of aliphatic hydroxyl groups excluding tert-OH is 1. The van der Waals surface area contributed by atoms with Crippen LogP contribution in [0.3, 0.4) is 0 Å². The van der Waals surface area contributed by atoms with E-state index in [0.29, 0.717) is 12.6 Å². The number of aliphatic hydroxyl groups is 1. The monoisotopic (exact) mass is 425 g/mol. The summed E-state index contributed by atoms with van der Waals surface area (Å²) in [5.41, 5.74) is 3.60. The molecule has 3 aromatic heterocycles. The molecule has 0 aromatic carbocycles. The van der Waals surface area contributed by atoms with Gasteiger partial charge in [0.2, 0.25) is 5.95 Å². The molecule has 9 heteroatoms. The molecule has 31 heavy (non-hydrogen) atoms. The number of hydrogen-bond acceptors (Lipinski definition) is 7. The van der Waals surface area contributed by atoms with Gasteiger partial charge >= 0.3 is 5.97 Å². The first-order chi connectivity index (χ1) is 15.0. The van der Waals surface area contributed by atoms with Gasteiger partial charge in [0.25, 0.3) is 0 Å². The summed E-state index contributed by atoms with van der Waals surface area (Å²) < 4.78 is 7.10. The smallest absolute Gasteiger partial charge is 0.354 e. The van der Waals surface area contributed by atoms with Crippen LogP contribution in [0.4, 0.5) is 5.95 Å². The Morgan fingerprint density at radius 1 is 1.26 bits per heavy atom. The Hall–Kier alpha value is -3.04. The van der Waals surface area contributed by atoms with Crippen molar-refractivity contribution in [3.63, 3.8) is 0 Å². The minimum absolute atomic E-state index is 0.00335. The zero-order chi connectivity index (χ0) is 22.0. The first kappa shape index (κ1) is 21.2. The van der Waals surface area contributed by atoms with Gasteiger partial charge in [0.15, 0.2) is 0 Å². The Morgan fingerprint density at radius 2 is 2.03 bits per heavy atom. The van der Waals surface area contributed by atoms with Gasteiger partial charge in [0, 0.05) is 42.1 Å². The largest absolute Gasteiger partial charge is 0.477 e. The lowest BCUT2D eigenvalue weighted by Crippen LogP contribution is -2.23. The quantitative estimate of drug-likeness (QED) is 0.528. The van der Waals surface area contributed by atoms with Crippen molar-refractivity contribution in [3.8, 4) is 11.1 Å². The molecule has 3 aromatic rings. The Morgan fingerprint density at radius 3 is 2.68 bits per heavy atom. The summed E-state index contributed by atoms with van der Waals surface area (Å²) in [5.74, 6) is -0.273. The van der Waals surface area contributed by atoms with Gasteiger partial charge in [0.1, 0.15) is 5.69 Å². The van der Waals surface area contributed by atoms with Crippen molar-refractivity contribution in [2.45, 2.75) is 50.7 Å². The second kappa shape index (κ2) is 8.99. The number of nitrogens with one attached hydrogen (secondary N) is 1. The molecular weight excluding hydrogens is 398 g/mol. The minimum Gasteiger partial charge on any atom is -0.477 e. The maximum atomic E-state index is 11.1. The van der Waals surface area contributed by atoms with Gasteiger partial charge in [0.05, 0.1) is 24.4 Å². The molecule has 9 nitrogen and oxygen atoms in total. The topological polar surface area (TPSA) is 122 Å². The number of rotatable bonds is 7. The van der Waals surface area contributed by atoms with E-state index in [9.17, 15) is 9.90 Å². The van der Waals surface area contributed by atoms with Crippen molar-refractivity contribution in [2.24, 2.45) is 0 Å². The van der Waals surface area contributed by atoms with Crippen molar-refractivity contribution in [1.82, 2.24) is 19.6 Å². The van der Waals surface area contributed by atoms with E-state index in [-0.39, 0.29) is 23.8 Å². The van der Waals surface area contributed by atoms with Gasteiger partial charge in [-0.25, -0.2) is 19.3 Å². The number of ether oxygens (including phenoxy) is 1. The SMILES string of the molecule is COCC(C)Nc1ncc2c(-c3ccc(C(=O)O)nc3)cc([C@H]3CC[C@H](O)CC3)n2n1. The highest BCUT2D eigenvalue weighted by atomic mass is 16.5. The van der Waals surface area contributed by atoms with Crippen LogP contribution >= 0.6 is 0 Å². The Kier molecular flexibility index (Phi) is 6.15. The molecule has 0 aliphatic heterocycles. The molecule has 1 unspecified atom stereocenters. The molecule has 3 heterocycles. The van der Waals surface area contributed by atoms with E-state index in [1.807, 2.05) is 11.4 Å². The van der Waals surface area contributed by atoms with Gasteiger partial charge in [-0.1, -0.05) is 6.07 Å². The average Bonchev–Trinajstić information content (AvgIpc) is 3.13. The number of nitrogens with zero attached hydrogens (tertiary/aromatic N) is 4. The number of fused-ring (bicyclic) bond motifs is 1. The minimum atomic E-state index is -1.06. The Bertz CT molecular complexity index is 1060. The molecule has 1 saturated carbocycles. The van der Waals surface area contributed by atoms with Crippen molar-refractivity contribution in [2.75, 3.05) is 19.0 Å². The van der Waals surface area contributed by atoms with Crippen LogP contribution in [-0.2, 0) is 4.74 Å². The van der Waals surface area contributed by atoms with Crippen LogP contribution in [-0.4, -0.2) is 61.6 Å². The second-order valence-corrected chi connectivity index (χ2v) is 8.11. The molecule has 0 amide bonds. The van der Waals surface area contributed by atoms with E-state index < -0.39 is 5.97 Å². The number of carbonyl (C=O) groups is 1. The summed E-state index contributed by atoms with van der Waals surface area (Å²) >= 11 is 0. The summed E-state index contributed by atoms with van der Waals surface area (Å²) in [6.07, 6.45) is 6.41. The summed E-state index contributed by atoms with van der Waals surface area (Å²) in [5, 5.41) is 27.1.